The van der Waals surface area contributed by atoms with Crippen LogP contribution in [0.4, 0.5) is 0 Å². The van der Waals surface area contributed by atoms with Crippen LogP contribution < -0.4 is 0 Å². The maximum absolute atomic E-state index is 7.50. The van der Waals surface area contributed by atoms with E-state index in [1.165, 1.54) is 16.7 Å². The Hall–Kier alpha value is -1.81. The molecular weight excluding hydrogens is 292 g/mol. The Morgan fingerprint density at radius 1 is 0.800 bits per heavy atom. The van der Waals surface area contributed by atoms with E-state index in [2.05, 4.69) is 75.4 Å². The summed E-state index contributed by atoms with van der Waals surface area (Å²) in [5.41, 5.74) is 3.95. The van der Waals surface area contributed by atoms with Gasteiger partial charge in [0.25, 0.3) is 0 Å². The van der Waals surface area contributed by atoms with Crippen molar-refractivity contribution in [2.24, 2.45) is 0 Å². The zero-order valence-electron chi connectivity index (χ0n) is 10.8. The summed E-state index contributed by atoms with van der Waals surface area (Å²) >= 11 is 0. The van der Waals surface area contributed by atoms with Crippen molar-refractivity contribution in [1.29, 1.82) is 0 Å². The van der Waals surface area contributed by atoms with Crippen molar-refractivity contribution >= 4 is 5.57 Å². The van der Waals surface area contributed by atoms with Gasteiger partial charge < -0.3 is 0 Å². The van der Waals surface area contributed by atoms with Gasteiger partial charge in [0.05, 0.1) is 0 Å². The molecule has 3 nitrogen and oxygen atoms in total. The van der Waals surface area contributed by atoms with Gasteiger partial charge in [0.1, 0.15) is 0 Å². The van der Waals surface area contributed by atoms with Crippen molar-refractivity contribution < 1.29 is 31.3 Å². The molecule has 0 fully saturated rings. The first kappa shape index (κ1) is 23.3. The summed E-state index contributed by atoms with van der Waals surface area (Å²) in [6, 6.07) is 10.5. The molecule has 0 radical (unpaired) electrons. The predicted octanol–water partition coefficient (Wildman–Crippen LogP) is 3.47. The molecule has 0 bridgehead atoms. The van der Waals surface area contributed by atoms with Crippen molar-refractivity contribution in [2.75, 3.05) is 0 Å². The fourth-order valence-corrected chi connectivity index (χ4v) is 1.48. The van der Waals surface area contributed by atoms with Crippen LogP contribution >= 0.6 is 0 Å². The van der Waals surface area contributed by atoms with Crippen LogP contribution in [0, 0.1) is 20.0 Å². The first-order valence-electron chi connectivity index (χ1n) is 5.10. The van der Waals surface area contributed by atoms with Gasteiger partial charge in [-0.3, -0.25) is 0 Å². The van der Waals surface area contributed by atoms with Crippen molar-refractivity contribution in [2.45, 2.75) is 6.92 Å². The van der Waals surface area contributed by atoms with E-state index in [1.807, 2.05) is 6.07 Å². The van der Waals surface area contributed by atoms with Crippen LogP contribution in [-0.4, -0.2) is 0 Å². The van der Waals surface area contributed by atoms with Crippen molar-refractivity contribution in [3.05, 3.63) is 85.7 Å². The van der Waals surface area contributed by atoms with Crippen molar-refractivity contribution in [3.63, 3.8) is 0 Å². The summed E-state index contributed by atoms with van der Waals surface area (Å²) in [6.07, 6.45) is 8.42. The van der Waals surface area contributed by atoms with E-state index in [4.69, 9.17) is 14.0 Å². The van der Waals surface area contributed by atoms with E-state index in [-0.39, 0.29) is 17.4 Å². The minimum absolute atomic E-state index is 0. The molecule has 0 heterocycles. The molecule has 2 rings (SSSR count). The topological polar surface area (TPSA) is 59.7 Å². The fraction of sp³-hybridized carbons (Fsp3) is 0.0625. The van der Waals surface area contributed by atoms with Gasteiger partial charge in [0, 0.05) is 17.4 Å². The van der Waals surface area contributed by atoms with E-state index in [1.54, 1.807) is 0 Å². The molecule has 0 unspecified atom stereocenters. The first-order chi connectivity index (χ1) is 9.38. The Morgan fingerprint density at radius 3 is 1.60 bits per heavy atom. The second kappa shape index (κ2) is 17.2. The average Bonchev–Trinajstić information content (AvgIpc) is 3.08. The molecule has 4 heteroatoms. The third-order valence-electron chi connectivity index (χ3n) is 2.30. The minimum Gasteiger partial charge on any atom is 0 e. The molecular formula is C16H12CrO3. The van der Waals surface area contributed by atoms with Gasteiger partial charge in [0.2, 0.25) is 0 Å². The Kier molecular flexibility index (Phi) is 20.0. The van der Waals surface area contributed by atoms with E-state index in [0.717, 1.165) is 0 Å². The Balaban J connectivity index is -0.000000368. The van der Waals surface area contributed by atoms with Crippen LogP contribution in [0.1, 0.15) is 12.5 Å². The molecule has 0 amide bonds. The van der Waals surface area contributed by atoms with Gasteiger partial charge in [-0.15, -0.1) is 0 Å². The largest absolute Gasteiger partial charge is 0 e. The van der Waals surface area contributed by atoms with E-state index < -0.39 is 0 Å². The molecule has 1 aromatic rings. The van der Waals surface area contributed by atoms with Gasteiger partial charge in [-0.25, -0.2) is 0 Å². The molecule has 100 valence electrons. The van der Waals surface area contributed by atoms with Gasteiger partial charge in [-0.1, -0.05) is 54.6 Å². The quantitative estimate of drug-likeness (QED) is 0.563. The molecule has 0 aromatic heterocycles. The van der Waals surface area contributed by atoms with E-state index in [9.17, 15) is 0 Å². The summed E-state index contributed by atoms with van der Waals surface area (Å²) in [6.45, 7) is 15.7. The third-order valence-corrected chi connectivity index (χ3v) is 2.30. The normalized spacial score (nSPS) is 9.25. The molecule has 1 aromatic carbocycles. The van der Waals surface area contributed by atoms with Crippen LogP contribution in [0.15, 0.2) is 60.2 Å². The van der Waals surface area contributed by atoms with Crippen LogP contribution in [0.25, 0.3) is 5.57 Å². The average molecular weight is 304 g/mol. The Labute approximate surface area is 130 Å². The molecule has 20 heavy (non-hydrogen) atoms. The molecule has 0 aliphatic heterocycles. The van der Waals surface area contributed by atoms with Crippen LogP contribution in [-0.2, 0) is 31.3 Å². The number of allylic oxidation sites excluding steroid dienone is 6. The molecule has 0 saturated heterocycles. The zero-order chi connectivity index (χ0) is 15.1. The molecule has 0 spiro atoms. The second-order valence-electron chi connectivity index (χ2n) is 3.16. The molecule has 1 aliphatic carbocycles. The summed E-state index contributed by atoms with van der Waals surface area (Å²) < 4.78 is 22.5. The summed E-state index contributed by atoms with van der Waals surface area (Å²) in [7, 11) is 0. The Bertz CT molecular complexity index is 477. The molecule has 1 aliphatic rings. The molecule has 0 atom stereocenters. The number of hydrogen-bond donors (Lipinski definition) is 0. The van der Waals surface area contributed by atoms with Gasteiger partial charge in [-0.05, 0) is 23.6 Å². The van der Waals surface area contributed by atoms with Crippen molar-refractivity contribution in [3.8, 4) is 0 Å². The standard InChI is InChI=1S/C13H12.3CO.Cr/c1-11(13-9-5-6-10-13)12-7-3-2-4-8-12;3*1-2;/h2-10H,1H3;;;;. The zero-order valence-corrected chi connectivity index (χ0v) is 12.1. The van der Waals surface area contributed by atoms with Crippen LogP contribution in [0.5, 0.6) is 0 Å². The number of hydrogen-bond acceptors (Lipinski definition) is 0. The summed E-state index contributed by atoms with van der Waals surface area (Å²) in [5.74, 6) is 0. The van der Waals surface area contributed by atoms with Gasteiger partial charge >= 0.3 is 33.9 Å². The Morgan fingerprint density at radius 2 is 1.20 bits per heavy atom. The van der Waals surface area contributed by atoms with Gasteiger partial charge in [-0.2, -0.15) is 0 Å². The van der Waals surface area contributed by atoms with Crippen LogP contribution in [0.3, 0.4) is 0 Å². The maximum atomic E-state index is 7.50. The number of rotatable bonds is 1. The SMILES string of the molecule is CC(=C1C=CC=C1)c1ccccc1.[C-]#[O+].[C-]#[O+].[C-]#[O+].[Cr]. The van der Waals surface area contributed by atoms with Gasteiger partial charge in [0.15, 0.2) is 0 Å². The maximum Gasteiger partial charge on any atom is 0 e. The third kappa shape index (κ3) is 8.32. The molecule has 0 N–H and O–H groups in total. The first-order valence-corrected chi connectivity index (χ1v) is 5.10. The second-order valence-corrected chi connectivity index (χ2v) is 3.16. The van der Waals surface area contributed by atoms with Crippen LogP contribution in [0.2, 0.25) is 0 Å². The monoisotopic (exact) mass is 304 g/mol. The summed E-state index contributed by atoms with van der Waals surface area (Å²) in [5, 5.41) is 0. The fourth-order valence-electron chi connectivity index (χ4n) is 1.48. The summed E-state index contributed by atoms with van der Waals surface area (Å²) in [4.78, 5) is 0. The van der Waals surface area contributed by atoms with E-state index in [0.29, 0.717) is 0 Å². The van der Waals surface area contributed by atoms with E-state index >= 15 is 0 Å². The molecule has 0 saturated carbocycles. The van der Waals surface area contributed by atoms with Crippen molar-refractivity contribution in [1.82, 2.24) is 0 Å². The minimum atomic E-state index is 0. The predicted molar refractivity (Wildman–Crippen MR) is 69.1 cm³/mol. The number of benzene rings is 1. The smallest absolute Gasteiger partial charge is 0 e.